The van der Waals surface area contributed by atoms with Gasteiger partial charge in [0.25, 0.3) is 5.91 Å². The number of piperidine rings is 1. The zero-order valence-corrected chi connectivity index (χ0v) is 14.6. The topological polar surface area (TPSA) is 47.4 Å². The van der Waals surface area contributed by atoms with E-state index < -0.39 is 0 Å². The first-order valence-electron chi connectivity index (χ1n) is 8.72. The number of rotatable bonds is 3. The Labute approximate surface area is 151 Å². The lowest BCUT2D eigenvalue weighted by atomic mass is 10.0. The Morgan fingerprint density at radius 3 is 2.73 bits per heavy atom. The molecule has 5 nitrogen and oxygen atoms in total. The average molecular weight is 353 g/mol. The highest BCUT2D eigenvalue weighted by molar-refractivity contribution is 5.97. The van der Waals surface area contributed by atoms with Gasteiger partial charge in [-0.05, 0) is 37.1 Å². The fourth-order valence-corrected chi connectivity index (χ4v) is 3.63. The second-order valence-corrected chi connectivity index (χ2v) is 6.51. The molecule has 4 rings (SSSR count). The second kappa shape index (κ2) is 6.78. The van der Waals surface area contributed by atoms with Crippen LogP contribution in [-0.2, 0) is 0 Å². The molecule has 6 heteroatoms. The minimum absolute atomic E-state index is 0.00143. The lowest BCUT2D eigenvalue weighted by Crippen LogP contribution is -2.39. The Morgan fingerprint density at radius 1 is 1.19 bits per heavy atom. The van der Waals surface area contributed by atoms with Crippen molar-refractivity contribution >= 4 is 16.9 Å². The summed E-state index contributed by atoms with van der Waals surface area (Å²) in [6, 6.07) is 12.2. The van der Waals surface area contributed by atoms with Crippen LogP contribution in [-0.4, -0.2) is 40.6 Å². The first-order chi connectivity index (χ1) is 12.7. The molecule has 0 N–H and O–H groups in total. The minimum Gasteiger partial charge on any atom is -0.496 e. The van der Waals surface area contributed by atoms with Crippen molar-refractivity contribution in [2.24, 2.45) is 0 Å². The van der Waals surface area contributed by atoms with Gasteiger partial charge in [-0.1, -0.05) is 12.1 Å². The molecule has 2 heterocycles. The number of hydrogen-bond donors (Lipinski definition) is 0. The molecule has 26 heavy (non-hydrogen) atoms. The van der Waals surface area contributed by atoms with Gasteiger partial charge in [-0.3, -0.25) is 4.79 Å². The van der Waals surface area contributed by atoms with E-state index in [1.165, 1.54) is 12.1 Å². The monoisotopic (exact) mass is 353 g/mol. The van der Waals surface area contributed by atoms with Crippen LogP contribution < -0.4 is 4.74 Å². The van der Waals surface area contributed by atoms with Gasteiger partial charge in [0.15, 0.2) is 0 Å². The number of likely N-dealkylation sites (tertiary alicyclic amines) is 1. The molecule has 0 spiro atoms. The number of para-hydroxylation sites is 1. The van der Waals surface area contributed by atoms with Crippen molar-refractivity contribution < 1.29 is 13.9 Å². The Hall–Kier alpha value is -2.89. The number of nitrogens with zero attached hydrogens (tertiary/aromatic N) is 3. The highest BCUT2D eigenvalue weighted by Crippen LogP contribution is 2.28. The van der Waals surface area contributed by atoms with E-state index in [1.54, 1.807) is 31.6 Å². The molecule has 134 valence electrons. The number of hydrogen-bond acceptors (Lipinski definition) is 3. The Kier molecular flexibility index (Phi) is 4.32. The van der Waals surface area contributed by atoms with Gasteiger partial charge in [-0.2, -0.15) is 0 Å². The van der Waals surface area contributed by atoms with Gasteiger partial charge in [0, 0.05) is 25.2 Å². The van der Waals surface area contributed by atoms with Crippen LogP contribution in [0.15, 0.2) is 48.8 Å². The number of fused-ring (bicyclic) bond motifs is 1. The van der Waals surface area contributed by atoms with E-state index in [9.17, 15) is 9.18 Å². The molecule has 0 unspecified atom stereocenters. The second-order valence-electron chi connectivity index (χ2n) is 6.51. The lowest BCUT2D eigenvalue weighted by molar-refractivity contribution is 0.0692. The summed E-state index contributed by atoms with van der Waals surface area (Å²) in [6.07, 6.45) is 3.44. The highest BCUT2D eigenvalue weighted by atomic mass is 19.1. The first kappa shape index (κ1) is 16.6. The summed E-state index contributed by atoms with van der Waals surface area (Å²) in [5.74, 6) is 0.320. The van der Waals surface area contributed by atoms with Gasteiger partial charge in [0.05, 0.1) is 30.0 Å². The van der Waals surface area contributed by atoms with Crippen LogP contribution in [0.1, 0.15) is 29.2 Å². The minimum atomic E-state index is -0.278. The van der Waals surface area contributed by atoms with Crippen molar-refractivity contribution in [1.82, 2.24) is 14.5 Å². The maximum absolute atomic E-state index is 13.3. The van der Waals surface area contributed by atoms with Gasteiger partial charge in [-0.15, -0.1) is 0 Å². The van der Waals surface area contributed by atoms with Gasteiger partial charge in [-0.25, -0.2) is 9.37 Å². The smallest absolute Gasteiger partial charge is 0.257 e. The molecule has 0 aliphatic carbocycles. The average Bonchev–Trinajstić information content (AvgIpc) is 3.10. The number of ether oxygens (including phenoxy) is 1. The van der Waals surface area contributed by atoms with Gasteiger partial charge in [0.1, 0.15) is 11.6 Å². The summed E-state index contributed by atoms with van der Waals surface area (Å²) in [5.41, 5.74) is 2.19. The van der Waals surface area contributed by atoms with E-state index in [2.05, 4.69) is 9.55 Å². The van der Waals surface area contributed by atoms with Crippen molar-refractivity contribution in [3.8, 4) is 5.75 Å². The molecule has 1 saturated heterocycles. The molecule has 0 bridgehead atoms. The fourth-order valence-electron chi connectivity index (χ4n) is 3.63. The van der Waals surface area contributed by atoms with Crippen LogP contribution in [0.3, 0.4) is 0 Å². The fraction of sp³-hybridized carbons (Fsp3) is 0.300. The molecule has 1 aliphatic heterocycles. The predicted octanol–water partition coefficient (Wildman–Crippen LogP) is 3.66. The SMILES string of the molecule is COc1ccccc1C(=O)N1CCC(n2cnc3cc(F)ccc32)CC1. The number of halogens is 1. The van der Waals surface area contributed by atoms with Gasteiger partial charge in [0.2, 0.25) is 0 Å². The third-order valence-corrected chi connectivity index (χ3v) is 5.02. The summed E-state index contributed by atoms with van der Waals surface area (Å²) in [6.45, 7) is 1.34. The van der Waals surface area contributed by atoms with Gasteiger partial charge < -0.3 is 14.2 Å². The van der Waals surface area contributed by atoms with Crippen molar-refractivity contribution in [1.29, 1.82) is 0 Å². The maximum atomic E-state index is 13.3. The summed E-state index contributed by atoms with van der Waals surface area (Å²) < 4.78 is 20.7. The molecule has 2 aromatic carbocycles. The summed E-state index contributed by atoms with van der Waals surface area (Å²) in [7, 11) is 1.57. The maximum Gasteiger partial charge on any atom is 0.257 e. The van der Waals surface area contributed by atoms with Crippen LogP contribution >= 0.6 is 0 Å². The number of imidazole rings is 1. The third kappa shape index (κ3) is 2.92. The Balaban J connectivity index is 1.49. The molecule has 0 radical (unpaired) electrons. The first-order valence-corrected chi connectivity index (χ1v) is 8.72. The lowest BCUT2D eigenvalue weighted by Gasteiger charge is -2.33. The van der Waals surface area contributed by atoms with Crippen molar-refractivity contribution in [2.75, 3.05) is 20.2 Å². The van der Waals surface area contributed by atoms with Crippen molar-refractivity contribution in [3.63, 3.8) is 0 Å². The molecule has 1 amide bonds. The van der Waals surface area contributed by atoms with E-state index in [0.29, 0.717) is 29.9 Å². The molecule has 1 fully saturated rings. The molecule has 3 aromatic rings. The standard InChI is InChI=1S/C20H20FN3O2/c1-26-19-5-3-2-4-16(19)20(25)23-10-8-15(9-11-23)24-13-22-17-12-14(21)6-7-18(17)24/h2-7,12-13,15H,8-11H2,1H3. The Bertz CT molecular complexity index is 945. The zero-order valence-electron chi connectivity index (χ0n) is 14.6. The predicted molar refractivity (Wildman–Crippen MR) is 96.9 cm³/mol. The van der Waals surface area contributed by atoms with E-state index in [4.69, 9.17) is 4.74 Å². The van der Waals surface area contributed by atoms with E-state index in [1.807, 2.05) is 17.0 Å². The molecule has 1 aliphatic rings. The van der Waals surface area contributed by atoms with E-state index >= 15 is 0 Å². The van der Waals surface area contributed by atoms with Crippen LogP contribution in [0.5, 0.6) is 5.75 Å². The van der Waals surface area contributed by atoms with Gasteiger partial charge >= 0.3 is 0 Å². The normalized spacial score (nSPS) is 15.4. The molecule has 0 atom stereocenters. The number of aromatic nitrogens is 2. The zero-order chi connectivity index (χ0) is 18.1. The van der Waals surface area contributed by atoms with E-state index in [-0.39, 0.29) is 17.8 Å². The van der Waals surface area contributed by atoms with Crippen LogP contribution in [0.25, 0.3) is 11.0 Å². The van der Waals surface area contributed by atoms with Crippen LogP contribution in [0, 0.1) is 5.82 Å². The molecular weight excluding hydrogens is 333 g/mol. The summed E-state index contributed by atoms with van der Waals surface area (Å²) in [4.78, 5) is 19.0. The molecule has 1 aromatic heterocycles. The highest BCUT2D eigenvalue weighted by Gasteiger charge is 2.26. The van der Waals surface area contributed by atoms with Crippen molar-refractivity contribution in [2.45, 2.75) is 18.9 Å². The quantitative estimate of drug-likeness (QED) is 0.722. The third-order valence-electron chi connectivity index (χ3n) is 5.02. The number of carbonyl (C=O) groups excluding carboxylic acids is 1. The van der Waals surface area contributed by atoms with Crippen LogP contribution in [0.4, 0.5) is 4.39 Å². The van der Waals surface area contributed by atoms with Crippen LogP contribution in [0.2, 0.25) is 0 Å². The largest absolute Gasteiger partial charge is 0.496 e. The number of amides is 1. The summed E-state index contributed by atoms with van der Waals surface area (Å²) in [5, 5.41) is 0. The van der Waals surface area contributed by atoms with E-state index in [0.717, 1.165) is 18.4 Å². The van der Waals surface area contributed by atoms with Crippen molar-refractivity contribution in [3.05, 3.63) is 60.2 Å². The number of benzene rings is 2. The molecular formula is C20H20FN3O2. The number of methoxy groups -OCH3 is 1. The summed E-state index contributed by atoms with van der Waals surface area (Å²) >= 11 is 0. The molecule has 0 saturated carbocycles. The number of carbonyl (C=O) groups is 1. The Morgan fingerprint density at radius 2 is 1.96 bits per heavy atom.